The topological polar surface area (TPSA) is 24.5 Å². The van der Waals surface area contributed by atoms with E-state index in [1.54, 1.807) is 0 Å². The van der Waals surface area contributed by atoms with Gasteiger partial charge in [-0.1, -0.05) is 39.8 Å². The van der Waals surface area contributed by atoms with Gasteiger partial charge in [-0.25, -0.2) is 0 Å². The fraction of sp³-hybridized carbons (Fsp3) is 0.667. The predicted octanol–water partition coefficient (Wildman–Crippen LogP) is 3.25. The summed E-state index contributed by atoms with van der Waals surface area (Å²) < 4.78 is 5.98. The lowest BCUT2D eigenvalue weighted by molar-refractivity contribution is 0.232. The van der Waals surface area contributed by atoms with Crippen LogP contribution >= 0.6 is 0 Å². The van der Waals surface area contributed by atoms with Crippen molar-refractivity contribution < 1.29 is 4.74 Å². The van der Waals surface area contributed by atoms with Crippen molar-refractivity contribution in [3.05, 3.63) is 29.3 Å². The van der Waals surface area contributed by atoms with Gasteiger partial charge in [0.05, 0.1) is 6.61 Å². The van der Waals surface area contributed by atoms with Crippen molar-refractivity contribution in [2.24, 2.45) is 5.92 Å². The molecule has 0 saturated carbocycles. The number of rotatable bonds is 6. The highest BCUT2D eigenvalue weighted by Crippen LogP contribution is 2.28. The van der Waals surface area contributed by atoms with E-state index in [4.69, 9.17) is 4.74 Å². The van der Waals surface area contributed by atoms with Crippen molar-refractivity contribution in [1.82, 2.24) is 10.2 Å². The van der Waals surface area contributed by atoms with Gasteiger partial charge in [0.25, 0.3) is 0 Å². The van der Waals surface area contributed by atoms with E-state index in [0.717, 1.165) is 45.1 Å². The minimum Gasteiger partial charge on any atom is -0.493 e. The lowest BCUT2D eigenvalue weighted by atomic mass is 9.99. The second kappa shape index (κ2) is 7.81. The molecule has 3 heteroatoms. The van der Waals surface area contributed by atoms with Crippen LogP contribution in [0.15, 0.2) is 18.2 Å². The summed E-state index contributed by atoms with van der Waals surface area (Å²) in [6.07, 6.45) is 0. The van der Waals surface area contributed by atoms with Gasteiger partial charge >= 0.3 is 0 Å². The first kappa shape index (κ1) is 16.3. The Morgan fingerprint density at radius 1 is 1.14 bits per heavy atom. The molecular formula is C18H30N2O. The Labute approximate surface area is 129 Å². The van der Waals surface area contributed by atoms with Gasteiger partial charge in [-0.3, -0.25) is 4.90 Å². The molecule has 0 bridgehead atoms. The third-order valence-electron chi connectivity index (χ3n) is 3.88. The normalized spacial score (nSPS) is 16.7. The summed E-state index contributed by atoms with van der Waals surface area (Å²) in [4.78, 5) is 2.52. The van der Waals surface area contributed by atoms with Crippen molar-refractivity contribution in [2.75, 3.05) is 32.8 Å². The van der Waals surface area contributed by atoms with Gasteiger partial charge in [0.2, 0.25) is 0 Å². The lowest BCUT2D eigenvalue weighted by Crippen LogP contribution is -2.42. The van der Waals surface area contributed by atoms with Crippen LogP contribution in [0.4, 0.5) is 0 Å². The number of piperazine rings is 1. The van der Waals surface area contributed by atoms with Gasteiger partial charge in [-0.05, 0) is 29.0 Å². The smallest absolute Gasteiger partial charge is 0.122 e. The minimum atomic E-state index is 0.495. The van der Waals surface area contributed by atoms with Crippen molar-refractivity contribution in [2.45, 2.75) is 40.2 Å². The van der Waals surface area contributed by atoms with Gasteiger partial charge < -0.3 is 10.1 Å². The Balaban J connectivity index is 2.07. The van der Waals surface area contributed by atoms with Crippen LogP contribution in [0.1, 0.15) is 44.7 Å². The average molecular weight is 290 g/mol. The molecule has 21 heavy (non-hydrogen) atoms. The van der Waals surface area contributed by atoms with Crippen LogP contribution in [0.3, 0.4) is 0 Å². The molecule has 1 aliphatic heterocycles. The van der Waals surface area contributed by atoms with E-state index in [1.807, 2.05) is 0 Å². The van der Waals surface area contributed by atoms with E-state index < -0.39 is 0 Å². The Bertz CT molecular complexity index is 437. The maximum absolute atomic E-state index is 5.98. The van der Waals surface area contributed by atoms with Gasteiger partial charge in [0.15, 0.2) is 0 Å². The van der Waals surface area contributed by atoms with Crippen LogP contribution in [0.25, 0.3) is 0 Å². The summed E-state index contributed by atoms with van der Waals surface area (Å²) in [5, 5.41) is 3.40. The highest BCUT2D eigenvalue weighted by Gasteiger charge is 2.13. The maximum atomic E-state index is 5.98. The molecule has 1 aromatic rings. The van der Waals surface area contributed by atoms with Gasteiger partial charge in [0, 0.05) is 32.7 Å². The molecule has 1 fully saturated rings. The molecule has 0 amide bonds. The number of hydrogen-bond acceptors (Lipinski definition) is 3. The standard InChI is InChI=1S/C18H30N2O/c1-14(2)13-21-18-6-5-16(11-17(18)15(3)4)12-20-9-7-19-8-10-20/h5-6,11,14-15,19H,7-10,12-13H2,1-4H3. The van der Waals surface area contributed by atoms with E-state index in [1.165, 1.54) is 11.1 Å². The summed E-state index contributed by atoms with van der Waals surface area (Å²) >= 11 is 0. The number of nitrogens with one attached hydrogen (secondary N) is 1. The van der Waals surface area contributed by atoms with Gasteiger partial charge in [-0.15, -0.1) is 0 Å². The fourth-order valence-corrected chi connectivity index (χ4v) is 2.66. The molecule has 1 N–H and O–H groups in total. The molecule has 3 nitrogen and oxygen atoms in total. The second-order valence-electron chi connectivity index (χ2n) is 6.76. The van der Waals surface area contributed by atoms with Gasteiger partial charge in [-0.2, -0.15) is 0 Å². The van der Waals surface area contributed by atoms with Crippen LogP contribution in [0.5, 0.6) is 5.75 Å². The Morgan fingerprint density at radius 2 is 1.86 bits per heavy atom. The molecule has 1 saturated heterocycles. The van der Waals surface area contributed by atoms with E-state index >= 15 is 0 Å². The van der Waals surface area contributed by atoms with Crippen molar-refractivity contribution in [3.63, 3.8) is 0 Å². The third-order valence-corrected chi connectivity index (χ3v) is 3.88. The highest BCUT2D eigenvalue weighted by molar-refractivity contribution is 5.39. The first-order valence-electron chi connectivity index (χ1n) is 8.25. The molecule has 1 aliphatic rings. The van der Waals surface area contributed by atoms with E-state index in [9.17, 15) is 0 Å². The molecule has 0 spiro atoms. The molecular weight excluding hydrogens is 260 g/mol. The SMILES string of the molecule is CC(C)COc1ccc(CN2CCNCC2)cc1C(C)C. The van der Waals surface area contributed by atoms with Crippen LogP contribution in [0, 0.1) is 5.92 Å². The van der Waals surface area contributed by atoms with E-state index in [-0.39, 0.29) is 0 Å². The number of ether oxygens (including phenoxy) is 1. The fourth-order valence-electron chi connectivity index (χ4n) is 2.66. The molecule has 2 rings (SSSR count). The molecule has 0 aliphatic carbocycles. The Hall–Kier alpha value is -1.06. The first-order valence-corrected chi connectivity index (χ1v) is 8.25. The Kier molecular flexibility index (Phi) is 6.07. The second-order valence-corrected chi connectivity index (χ2v) is 6.76. The molecule has 0 radical (unpaired) electrons. The molecule has 0 aromatic heterocycles. The van der Waals surface area contributed by atoms with Crippen molar-refractivity contribution in [1.29, 1.82) is 0 Å². The zero-order chi connectivity index (χ0) is 15.2. The zero-order valence-corrected chi connectivity index (χ0v) is 14.0. The first-order chi connectivity index (χ1) is 10.1. The van der Waals surface area contributed by atoms with Crippen LogP contribution in [0.2, 0.25) is 0 Å². The summed E-state index contributed by atoms with van der Waals surface area (Å²) in [6.45, 7) is 15.2. The molecule has 0 unspecified atom stereocenters. The number of benzene rings is 1. The van der Waals surface area contributed by atoms with Crippen molar-refractivity contribution >= 4 is 0 Å². The quantitative estimate of drug-likeness (QED) is 0.870. The van der Waals surface area contributed by atoms with Crippen LogP contribution in [-0.2, 0) is 6.54 Å². The highest BCUT2D eigenvalue weighted by atomic mass is 16.5. The summed E-state index contributed by atoms with van der Waals surface area (Å²) in [6, 6.07) is 6.72. The van der Waals surface area contributed by atoms with Crippen molar-refractivity contribution in [3.8, 4) is 5.75 Å². The molecule has 118 valence electrons. The van der Waals surface area contributed by atoms with E-state index in [0.29, 0.717) is 11.8 Å². The molecule has 1 aromatic carbocycles. The van der Waals surface area contributed by atoms with Gasteiger partial charge in [0.1, 0.15) is 5.75 Å². The number of nitrogens with zero attached hydrogens (tertiary/aromatic N) is 1. The maximum Gasteiger partial charge on any atom is 0.122 e. The largest absolute Gasteiger partial charge is 0.493 e. The Morgan fingerprint density at radius 3 is 2.48 bits per heavy atom. The third kappa shape index (κ3) is 5.01. The summed E-state index contributed by atoms with van der Waals surface area (Å²) in [5.74, 6) is 2.11. The predicted molar refractivity (Wildman–Crippen MR) is 89.0 cm³/mol. The zero-order valence-electron chi connectivity index (χ0n) is 14.0. The average Bonchev–Trinajstić information content (AvgIpc) is 2.46. The number of hydrogen-bond donors (Lipinski definition) is 1. The monoisotopic (exact) mass is 290 g/mol. The molecule has 0 atom stereocenters. The van der Waals surface area contributed by atoms with E-state index in [2.05, 4.69) is 56.1 Å². The minimum absolute atomic E-state index is 0.495. The van der Waals surface area contributed by atoms with Crippen LogP contribution < -0.4 is 10.1 Å². The summed E-state index contributed by atoms with van der Waals surface area (Å²) in [7, 11) is 0. The lowest BCUT2D eigenvalue weighted by Gasteiger charge is -2.27. The molecule has 1 heterocycles. The van der Waals surface area contributed by atoms with Crippen LogP contribution in [-0.4, -0.2) is 37.7 Å². The summed E-state index contributed by atoms with van der Waals surface area (Å²) in [5.41, 5.74) is 2.74.